The van der Waals surface area contributed by atoms with E-state index in [4.69, 9.17) is 4.74 Å². The van der Waals surface area contributed by atoms with Gasteiger partial charge >= 0.3 is 0 Å². The second kappa shape index (κ2) is 5.91. The molecule has 4 rings (SSSR count). The van der Waals surface area contributed by atoms with Gasteiger partial charge in [-0.2, -0.15) is 0 Å². The van der Waals surface area contributed by atoms with Crippen LogP contribution in [-0.4, -0.2) is 47.2 Å². The van der Waals surface area contributed by atoms with Crippen LogP contribution in [0.25, 0.3) is 0 Å². The molecular weight excluding hydrogens is 288 g/mol. The number of ether oxygens (including phenoxy) is 1. The molecule has 0 aliphatic carbocycles. The molecule has 1 spiro atoms. The maximum atomic E-state index is 12.5. The van der Waals surface area contributed by atoms with Crippen molar-refractivity contribution in [1.29, 1.82) is 0 Å². The average Bonchev–Trinajstić information content (AvgIpc) is 2.96. The van der Waals surface area contributed by atoms with Crippen LogP contribution in [0.2, 0.25) is 0 Å². The first-order chi connectivity index (χ1) is 11.2. The molecule has 1 amide bonds. The molecule has 0 N–H and O–H groups in total. The van der Waals surface area contributed by atoms with Gasteiger partial charge in [0, 0.05) is 38.4 Å². The molecule has 0 aromatic heterocycles. The largest absolute Gasteiger partial charge is 0.353 e. The van der Waals surface area contributed by atoms with Crippen molar-refractivity contribution in [3.8, 4) is 0 Å². The molecule has 4 nitrogen and oxygen atoms in total. The Bertz CT molecular complexity index is 576. The summed E-state index contributed by atoms with van der Waals surface area (Å²) in [5.41, 5.74) is 1.06. The van der Waals surface area contributed by atoms with E-state index < -0.39 is 0 Å². The Morgan fingerprint density at radius 2 is 2.13 bits per heavy atom. The molecule has 3 aliphatic rings. The van der Waals surface area contributed by atoms with Crippen LogP contribution in [0, 0.1) is 5.92 Å². The zero-order valence-electron chi connectivity index (χ0n) is 13.9. The molecule has 3 aliphatic heterocycles. The quantitative estimate of drug-likeness (QED) is 0.860. The number of amides is 1. The molecule has 0 radical (unpaired) electrons. The number of rotatable bonds is 3. The summed E-state index contributed by atoms with van der Waals surface area (Å²) in [5.74, 6) is 0.760. The van der Waals surface area contributed by atoms with Gasteiger partial charge in [0.1, 0.15) is 5.72 Å². The number of hydrogen-bond acceptors (Lipinski definition) is 3. The smallest absolute Gasteiger partial charge is 0.225 e. The molecular formula is C19H26N2O2. The minimum absolute atomic E-state index is 0.283. The monoisotopic (exact) mass is 314 g/mol. The maximum absolute atomic E-state index is 12.5. The molecule has 0 bridgehead atoms. The normalized spacial score (nSPS) is 34.3. The van der Waals surface area contributed by atoms with Crippen LogP contribution in [0.5, 0.6) is 0 Å². The van der Waals surface area contributed by atoms with E-state index in [1.165, 1.54) is 5.56 Å². The van der Waals surface area contributed by atoms with Crippen LogP contribution in [0.4, 0.5) is 0 Å². The van der Waals surface area contributed by atoms with Gasteiger partial charge in [0.15, 0.2) is 0 Å². The fourth-order valence-corrected chi connectivity index (χ4v) is 4.70. The second-order valence-electron chi connectivity index (χ2n) is 7.19. The molecule has 0 saturated carbocycles. The van der Waals surface area contributed by atoms with E-state index in [1.54, 1.807) is 0 Å². The number of hydrogen-bond donors (Lipinski definition) is 0. The molecule has 3 atom stereocenters. The molecule has 3 saturated heterocycles. The molecule has 23 heavy (non-hydrogen) atoms. The van der Waals surface area contributed by atoms with E-state index in [0.717, 1.165) is 45.5 Å². The van der Waals surface area contributed by atoms with Gasteiger partial charge in [-0.15, -0.1) is 0 Å². The van der Waals surface area contributed by atoms with Crippen molar-refractivity contribution in [1.82, 2.24) is 9.80 Å². The molecule has 124 valence electrons. The Kier molecular flexibility index (Phi) is 3.90. The third kappa shape index (κ3) is 2.48. The van der Waals surface area contributed by atoms with Crippen molar-refractivity contribution in [2.45, 2.75) is 50.9 Å². The Morgan fingerprint density at radius 3 is 2.91 bits per heavy atom. The highest BCUT2D eigenvalue weighted by molar-refractivity contribution is 5.78. The van der Waals surface area contributed by atoms with Crippen molar-refractivity contribution in [3.05, 3.63) is 35.9 Å². The fourth-order valence-electron chi connectivity index (χ4n) is 4.70. The molecule has 1 aromatic carbocycles. The minimum Gasteiger partial charge on any atom is -0.353 e. The maximum Gasteiger partial charge on any atom is 0.225 e. The Labute approximate surface area is 138 Å². The number of piperidine rings is 2. The topological polar surface area (TPSA) is 32.8 Å². The lowest BCUT2D eigenvalue weighted by atomic mass is 9.79. The van der Waals surface area contributed by atoms with Gasteiger partial charge in [0.25, 0.3) is 0 Å². The SMILES string of the molecule is CCC1COC23CCN(Cc4ccccc4)CC2CCC(=O)N13. The van der Waals surface area contributed by atoms with Crippen LogP contribution < -0.4 is 0 Å². The summed E-state index contributed by atoms with van der Waals surface area (Å²) in [4.78, 5) is 17.2. The van der Waals surface area contributed by atoms with E-state index >= 15 is 0 Å². The van der Waals surface area contributed by atoms with Crippen molar-refractivity contribution in [3.63, 3.8) is 0 Å². The van der Waals surface area contributed by atoms with Gasteiger partial charge in [-0.3, -0.25) is 9.69 Å². The first-order valence-electron chi connectivity index (χ1n) is 8.95. The third-order valence-electron chi connectivity index (χ3n) is 5.90. The third-order valence-corrected chi connectivity index (χ3v) is 5.90. The van der Waals surface area contributed by atoms with Crippen molar-refractivity contribution in [2.75, 3.05) is 19.7 Å². The summed E-state index contributed by atoms with van der Waals surface area (Å²) in [6, 6.07) is 10.9. The van der Waals surface area contributed by atoms with Crippen molar-refractivity contribution in [2.24, 2.45) is 5.92 Å². The van der Waals surface area contributed by atoms with E-state index in [9.17, 15) is 4.79 Å². The van der Waals surface area contributed by atoms with E-state index in [-0.39, 0.29) is 11.8 Å². The predicted molar refractivity (Wildman–Crippen MR) is 88.7 cm³/mol. The summed E-state index contributed by atoms with van der Waals surface area (Å²) >= 11 is 0. The van der Waals surface area contributed by atoms with Gasteiger partial charge in [-0.1, -0.05) is 37.3 Å². The standard InChI is InChI=1S/C19H26N2O2/c1-2-17-14-23-19-10-11-20(12-15-6-4-3-5-7-15)13-16(19)8-9-18(22)21(17)19/h3-7,16-17H,2,8-14H2,1H3. The zero-order chi connectivity index (χ0) is 15.9. The zero-order valence-corrected chi connectivity index (χ0v) is 13.9. The number of likely N-dealkylation sites (tertiary alicyclic amines) is 1. The lowest BCUT2D eigenvalue weighted by Crippen LogP contribution is -2.64. The number of benzene rings is 1. The van der Waals surface area contributed by atoms with Crippen LogP contribution in [0.15, 0.2) is 30.3 Å². The van der Waals surface area contributed by atoms with E-state index in [0.29, 0.717) is 18.2 Å². The highest BCUT2D eigenvalue weighted by Gasteiger charge is 2.58. The average molecular weight is 314 g/mol. The molecule has 3 unspecified atom stereocenters. The minimum atomic E-state index is -0.302. The summed E-state index contributed by atoms with van der Waals surface area (Å²) in [5, 5.41) is 0. The highest BCUT2D eigenvalue weighted by atomic mass is 16.5. The van der Waals surface area contributed by atoms with Crippen LogP contribution in [0.1, 0.15) is 38.2 Å². The lowest BCUT2D eigenvalue weighted by molar-refractivity contribution is -0.192. The summed E-state index contributed by atoms with van der Waals surface area (Å²) in [6.07, 6.45) is 3.60. The van der Waals surface area contributed by atoms with Gasteiger partial charge in [0.2, 0.25) is 5.91 Å². The van der Waals surface area contributed by atoms with Crippen LogP contribution >= 0.6 is 0 Å². The van der Waals surface area contributed by atoms with Gasteiger partial charge in [0.05, 0.1) is 12.6 Å². The first kappa shape index (κ1) is 15.2. The van der Waals surface area contributed by atoms with Crippen LogP contribution in [0.3, 0.4) is 0 Å². The number of carbonyl (C=O) groups is 1. The molecule has 3 fully saturated rings. The fraction of sp³-hybridized carbons (Fsp3) is 0.632. The summed E-state index contributed by atoms with van der Waals surface area (Å²) in [6.45, 7) is 5.92. The van der Waals surface area contributed by atoms with Gasteiger partial charge in [-0.25, -0.2) is 0 Å². The molecule has 3 heterocycles. The second-order valence-corrected chi connectivity index (χ2v) is 7.19. The lowest BCUT2D eigenvalue weighted by Gasteiger charge is -2.52. The van der Waals surface area contributed by atoms with Crippen LogP contribution in [-0.2, 0) is 16.1 Å². The van der Waals surface area contributed by atoms with Gasteiger partial charge in [-0.05, 0) is 18.4 Å². The Hall–Kier alpha value is -1.39. The van der Waals surface area contributed by atoms with Gasteiger partial charge < -0.3 is 9.64 Å². The highest BCUT2D eigenvalue weighted by Crippen LogP contribution is 2.46. The Balaban J connectivity index is 1.51. The van der Waals surface area contributed by atoms with Crippen molar-refractivity contribution >= 4 is 5.91 Å². The van der Waals surface area contributed by atoms with E-state index in [2.05, 4.69) is 47.1 Å². The predicted octanol–water partition coefficient (Wildman–Crippen LogP) is 2.64. The summed E-state index contributed by atoms with van der Waals surface area (Å²) < 4.78 is 6.30. The summed E-state index contributed by atoms with van der Waals surface area (Å²) in [7, 11) is 0. The van der Waals surface area contributed by atoms with E-state index in [1.807, 2.05) is 0 Å². The first-order valence-corrected chi connectivity index (χ1v) is 8.95. The molecule has 1 aromatic rings. The molecule has 4 heteroatoms. The number of nitrogens with zero attached hydrogens (tertiary/aromatic N) is 2. The van der Waals surface area contributed by atoms with Crippen molar-refractivity contribution < 1.29 is 9.53 Å². The Morgan fingerprint density at radius 1 is 1.30 bits per heavy atom. The number of carbonyl (C=O) groups excluding carboxylic acids is 1.